The maximum Gasteiger partial charge on any atom is 0.200 e. The van der Waals surface area contributed by atoms with Gasteiger partial charge >= 0.3 is 0 Å². The third kappa shape index (κ3) is 4.02. The van der Waals surface area contributed by atoms with E-state index in [1.165, 1.54) is 0 Å². The highest BCUT2D eigenvalue weighted by atomic mass is 79.9. The zero-order valence-corrected chi connectivity index (χ0v) is 14.2. The second-order valence-corrected chi connectivity index (χ2v) is 5.95. The Morgan fingerprint density at radius 2 is 1.90 bits per heavy atom. The summed E-state index contributed by atoms with van der Waals surface area (Å²) in [5.74, 6) is 1.06. The predicted molar refractivity (Wildman–Crippen MR) is 88.7 cm³/mol. The summed E-state index contributed by atoms with van der Waals surface area (Å²) in [6, 6.07) is 13.0. The molecule has 5 heteroatoms. The molecule has 2 aromatic carbocycles. The van der Waals surface area contributed by atoms with Gasteiger partial charge in [-0.05, 0) is 46.5 Å². The van der Waals surface area contributed by atoms with Crippen LogP contribution in [0.15, 0.2) is 51.8 Å². The largest absolute Gasteiger partial charge is 0.493 e. The molecule has 0 bridgehead atoms. The number of hydrogen-bond donors (Lipinski definition) is 0. The predicted octanol–water partition coefficient (Wildman–Crippen LogP) is 4.44. The van der Waals surface area contributed by atoms with Crippen molar-refractivity contribution in [2.75, 3.05) is 20.0 Å². The Hall–Kier alpha value is -1.46. The molecule has 0 spiro atoms. The highest BCUT2D eigenvalue weighted by Gasteiger charge is 2.12. The van der Waals surface area contributed by atoms with Crippen LogP contribution in [0.4, 0.5) is 0 Å². The number of rotatable bonds is 6. The molecule has 2 rings (SSSR count). The van der Waals surface area contributed by atoms with Crippen molar-refractivity contribution in [2.24, 2.45) is 0 Å². The topological polar surface area (TPSA) is 35.5 Å². The molecule has 0 N–H and O–H groups in total. The minimum atomic E-state index is -0.0690. The number of ketones is 1. The number of carbonyl (C=O) groups excluding carboxylic acids is 1. The van der Waals surface area contributed by atoms with Gasteiger partial charge in [-0.2, -0.15) is 0 Å². The molecule has 110 valence electrons. The normalized spacial score (nSPS) is 10.2. The quantitative estimate of drug-likeness (QED) is 0.559. The Labute approximate surface area is 136 Å². The number of methoxy groups -OCH3 is 1. The molecule has 0 aliphatic rings. The average molecular weight is 367 g/mol. The van der Waals surface area contributed by atoms with Crippen molar-refractivity contribution in [3.8, 4) is 11.5 Å². The van der Waals surface area contributed by atoms with Gasteiger partial charge in [0.2, 0.25) is 0 Å². The molecule has 0 saturated heterocycles. The fraction of sp³-hybridized carbons (Fsp3) is 0.188. The van der Waals surface area contributed by atoms with Crippen molar-refractivity contribution in [1.29, 1.82) is 0 Å². The van der Waals surface area contributed by atoms with Crippen molar-refractivity contribution < 1.29 is 14.3 Å². The van der Waals surface area contributed by atoms with Crippen LogP contribution in [0.2, 0.25) is 0 Å². The van der Waals surface area contributed by atoms with Crippen molar-refractivity contribution in [1.82, 2.24) is 0 Å². The molecule has 0 atom stereocenters. The Bertz CT molecular complexity index is 626. The lowest BCUT2D eigenvalue weighted by molar-refractivity contribution is 0.0919. The summed E-state index contributed by atoms with van der Waals surface area (Å²) in [5, 5.41) is 0. The number of carbonyl (C=O) groups is 1. The number of benzene rings is 2. The molecule has 0 heterocycles. The highest BCUT2D eigenvalue weighted by molar-refractivity contribution is 9.10. The Morgan fingerprint density at radius 3 is 2.52 bits per heavy atom. The molecule has 2 aromatic rings. The Balaban J connectivity index is 2.07. The number of Topliss-reactive ketones (excluding diaryl/α,β-unsaturated/α-hetero) is 1. The first-order chi connectivity index (χ1) is 10.2. The standard InChI is InChI=1S/C16H15BrO3S/c1-19-15-5-3-4-13(17)16(15)20-10-14(18)11-6-8-12(21-2)9-7-11/h3-9H,10H2,1-2H3. The Morgan fingerprint density at radius 1 is 1.19 bits per heavy atom. The summed E-state index contributed by atoms with van der Waals surface area (Å²) < 4.78 is 11.6. The van der Waals surface area contributed by atoms with E-state index < -0.39 is 0 Å². The van der Waals surface area contributed by atoms with Crippen LogP contribution < -0.4 is 9.47 Å². The number of para-hydroxylation sites is 1. The highest BCUT2D eigenvalue weighted by Crippen LogP contribution is 2.34. The van der Waals surface area contributed by atoms with Crippen LogP contribution in [0.5, 0.6) is 11.5 Å². The fourth-order valence-electron chi connectivity index (χ4n) is 1.79. The third-order valence-corrected chi connectivity index (χ3v) is 4.28. The first-order valence-electron chi connectivity index (χ1n) is 6.28. The molecule has 0 unspecified atom stereocenters. The first-order valence-corrected chi connectivity index (χ1v) is 8.30. The van der Waals surface area contributed by atoms with Crippen molar-refractivity contribution in [3.63, 3.8) is 0 Å². The third-order valence-electron chi connectivity index (χ3n) is 2.91. The van der Waals surface area contributed by atoms with E-state index in [0.29, 0.717) is 17.1 Å². The molecule has 0 amide bonds. The van der Waals surface area contributed by atoms with Gasteiger partial charge < -0.3 is 9.47 Å². The molecule has 0 aromatic heterocycles. The van der Waals surface area contributed by atoms with Crippen molar-refractivity contribution in [3.05, 3.63) is 52.5 Å². The number of thioether (sulfide) groups is 1. The lowest BCUT2D eigenvalue weighted by Crippen LogP contribution is -2.12. The van der Waals surface area contributed by atoms with Crippen LogP contribution in [0.25, 0.3) is 0 Å². The minimum Gasteiger partial charge on any atom is -0.493 e. The van der Waals surface area contributed by atoms with E-state index in [1.54, 1.807) is 24.9 Å². The van der Waals surface area contributed by atoms with E-state index >= 15 is 0 Å². The maximum atomic E-state index is 12.1. The molecule has 0 radical (unpaired) electrons. The summed E-state index contributed by atoms with van der Waals surface area (Å²) in [6.07, 6.45) is 2.00. The number of halogens is 1. The zero-order chi connectivity index (χ0) is 15.2. The number of ether oxygens (including phenoxy) is 2. The van der Waals surface area contributed by atoms with Crippen molar-refractivity contribution >= 4 is 33.5 Å². The second kappa shape index (κ2) is 7.52. The fourth-order valence-corrected chi connectivity index (χ4v) is 2.66. The van der Waals surface area contributed by atoms with Gasteiger partial charge in [-0.25, -0.2) is 0 Å². The van der Waals surface area contributed by atoms with Crippen LogP contribution in [0.1, 0.15) is 10.4 Å². The molecule has 0 aliphatic carbocycles. The van der Waals surface area contributed by atoms with Gasteiger partial charge in [0.25, 0.3) is 0 Å². The molecule has 0 aliphatic heterocycles. The number of hydrogen-bond acceptors (Lipinski definition) is 4. The van der Waals surface area contributed by atoms with Crippen LogP contribution in [-0.4, -0.2) is 25.8 Å². The molecular weight excluding hydrogens is 352 g/mol. The van der Waals surface area contributed by atoms with E-state index in [-0.39, 0.29) is 12.4 Å². The van der Waals surface area contributed by atoms with E-state index in [2.05, 4.69) is 15.9 Å². The molecule has 0 fully saturated rings. The summed E-state index contributed by atoms with van der Waals surface area (Å²) >= 11 is 5.04. The molecule has 0 saturated carbocycles. The van der Waals surface area contributed by atoms with Crippen LogP contribution in [0.3, 0.4) is 0 Å². The molecular formula is C16H15BrO3S. The van der Waals surface area contributed by atoms with Gasteiger partial charge in [0.05, 0.1) is 11.6 Å². The van der Waals surface area contributed by atoms with Crippen LogP contribution >= 0.6 is 27.7 Å². The summed E-state index contributed by atoms with van der Waals surface area (Å²) in [5.41, 5.74) is 0.638. The lowest BCUT2D eigenvalue weighted by Gasteiger charge is -2.11. The van der Waals surface area contributed by atoms with E-state index in [9.17, 15) is 4.79 Å². The maximum absolute atomic E-state index is 12.1. The van der Waals surface area contributed by atoms with E-state index in [0.717, 1.165) is 9.37 Å². The van der Waals surface area contributed by atoms with Crippen LogP contribution in [0, 0.1) is 0 Å². The monoisotopic (exact) mass is 366 g/mol. The summed E-state index contributed by atoms with van der Waals surface area (Å²) in [4.78, 5) is 13.3. The lowest BCUT2D eigenvalue weighted by atomic mass is 10.1. The van der Waals surface area contributed by atoms with Gasteiger partial charge in [-0.15, -0.1) is 11.8 Å². The first kappa shape index (κ1) is 15.9. The van der Waals surface area contributed by atoms with Gasteiger partial charge in [0, 0.05) is 10.5 Å². The van der Waals surface area contributed by atoms with Gasteiger partial charge in [-0.3, -0.25) is 4.79 Å². The SMILES string of the molecule is COc1cccc(Br)c1OCC(=O)c1ccc(SC)cc1. The Kier molecular flexibility index (Phi) is 5.70. The van der Waals surface area contributed by atoms with E-state index in [1.807, 2.05) is 42.7 Å². The van der Waals surface area contributed by atoms with E-state index in [4.69, 9.17) is 9.47 Å². The van der Waals surface area contributed by atoms with Gasteiger partial charge in [0.15, 0.2) is 23.9 Å². The van der Waals surface area contributed by atoms with Crippen molar-refractivity contribution in [2.45, 2.75) is 4.90 Å². The zero-order valence-electron chi connectivity index (χ0n) is 11.8. The van der Waals surface area contributed by atoms with Crippen LogP contribution in [-0.2, 0) is 0 Å². The molecule has 21 heavy (non-hydrogen) atoms. The summed E-state index contributed by atoms with van der Waals surface area (Å²) in [7, 11) is 1.57. The molecule has 3 nitrogen and oxygen atoms in total. The van der Waals surface area contributed by atoms with Gasteiger partial charge in [0.1, 0.15) is 0 Å². The average Bonchev–Trinajstić information content (AvgIpc) is 2.53. The van der Waals surface area contributed by atoms with Gasteiger partial charge in [-0.1, -0.05) is 18.2 Å². The second-order valence-electron chi connectivity index (χ2n) is 4.21. The smallest absolute Gasteiger partial charge is 0.200 e. The summed E-state index contributed by atoms with van der Waals surface area (Å²) in [6.45, 7) is -0.0302. The minimum absolute atomic E-state index is 0.0302.